The summed E-state index contributed by atoms with van der Waals surface area (Å²) in [6.07, 6.45) is 1.45. The SMILES string of the molecule is CCn1cc(C(=O)OC)c(=O)c2cc(F)c(N3CCN(C(C)=O)CC3)cc21. The minimum atomic E-state index is -0.742. The highest BCUT2D eigenvalue weighted by Gasteiger charge is 2.23. The van der Waals surface area contributed by atoms with Gasteiger partial charge in [0.1, 0.15) is 11.4 Å². The predicted molar refractivity (Wildman–Crippen MR) is 99.6 cm³/mol. The number of piperazine rings is 1. The van der Waals surface area contributed by atoms with Gasteiger partial charge in [0.25, 0.3) is 0 Å². The monoisotopic (exact) mass is 375 g/mol. The molecule has 2 aromatic rings. The molecule has 0 radical (unpaired) electrons. The van der Waals surface area contributed by atoms with E-state index in [0.717, 1.165) is 0 Å². The molecule has 1 saturated heterocycles. The highest BCUT2D eigenvalue weighted by molar-refractivity contribution is 5.94. The van der Waals surface area contributed by atoms with Crippen LogP contribution in [0.2, 0.25) is 0 Å². The molecule has 8 heteroatoms. The number of carbonyl (C=O) groups is 2. The quantitative estimate of drug-likeness (QED) is 0.763. The Labute approximate surface area is 155 Å². The van der Waals surface area contributed by atoms with Crippen LogP contribution >= 0.6 is 0 Å². The first-order valence-electron chi connectivity index (χ1n) is 8.82. The number of pyridine rings is 1. The van der Waals surface area contributed by atoms with E-state index in [0.29, 0.717) is 43.9 Å². The molecular formula is C19H22FN3O4. The molecule has 0 bridgehead atoms. The molecule has 0 unspecified atom stereocenters. The number of carbonyl (C=O) groups excluding carboxylic acids is 2. The minimum absolute atomic E-state index is 0.00351. The topological polar surface area (TPSA) is 71.8 Å². The predicted octanol–water partition coefficient (Wildman–Crippen LogP) is 1.62. The maximum atomic E-state index is 14.8. The minimum Gasteiger partial charge on any atom is -0.465 e. The van der Waals surface area contributed by atoms with Crippen molar-refractivity contribution in [3.63, 3.8) is 0 Å². The first-order valence-corrected chi connectivity index (χ1v) is 8.82. The summed E-state index contributed by atoms with van der Waals surface area (Å²) in [5.41, 5.74) is 0.279. The van der Waals surface area contributed by atoms with E-state index in [1.165, 1.54) is 26.3 Å². The number of aromatic nitrogens is 1. The molecule has 3 rings (SSSR count). The van der Waals surface area contributed by atoms with Crippen molar-refractivity contribution in [3.8, 4) is 0 Å². The lowest BCUT2D eigenvalue weighted by atomic mass is 10.1. The van der Waals surface area contributed by atoms with Crippen molar-refractivity contribution in [3.05, 3.63) is 39.9 Å². The van der Waals surface area contributed by atoms with Crippen LogP contribution in [0.5, 0.6) is 0 Å². The van der Waals surface area contributed by atoms with Gasteiger partial charge < -0.3 is 19.1 Å². The van der Waals surface area contributed by atoms with E-state index in [2.05, 4.69) is 4.74 Å². The number of amides is 1. The largest absolute Gasteiger partial charge is 0.465 e. The molecule has 1 aromatic carbocycles. The van der Waals surface area contributed by atoms with Crippen LogP contribution in [0.15, 0.2) is 23.1 Å². The maximum Gasteiger partial charge on any atom is 0.343 e. The second-order valence-corrected chi connectivity index (χ2v) is 6.46. The van der Waals surface area contributed by atoms with E-state index in [1.807, 2.05) is 11.8 Å². The Morgan fingerprint density at radius 2 is 1.85 bits per heavy atom. The fraction of sp³-hybridized carbons (Fsp3) is 0.421. The first-order chi connectivity index (χ1) is 12.9. The molecule has 0 atom stereocenters. The third kappa shape index (κ3) is 3.39. The maximum absolute atomic E-state index is 14.8. The Bertz CT molecular complexity index is 962. The number of aryl methyl sites for hydroxylation is 1. The van der Waals surface area contributed by atoms with Gasteiger partial charge in [-0.1, -0.05) is 0 Å². The smallest absolute Gasteiger partial charge is 0.343 e. The van der Waals surface area contributed by atoms with Gasteiger partial charge in [-0.2, -0.15) is 0 Å². The van der Waals surface area contributed by atoms with Crippen LogP contribution in [0.4, 0.5) is 10.1 Å². The summed E-state index contributed by atoms with van der Waals surface area (Å²) in [7, 11) is 1.20. The van der Waals surface area contributed by atoms with Gasteiger partial charge in [0.2, 0.25) is 11.3 Å². The summed E-state index contributed by atoms with van der Waals surface area (Å²) < 4.78 is 21.2. The number of hydrogen-bond acceptors (Lipinski definition) is 5. The molecule has 0 aliphatic carbocycles. The van der Waals surface area contributed by atoms with E-state index >= 15 is 0 Å². The molecule has 1 aromatic heterocycles. The number of hydrogen-bond donors (Lipinski definition) is 0. The van der Waals surface area contributed by atoms with Crippen molar-refractivity contribution in [2.75, 3.05) is 38.2 Å². The van der Waals surface area contributed by atoms with Gasteiger partial charge in [0.15, 0.2) is 0 Å². The molecule has 2 heterocycles. The second kappa shape index (κ2) is 7.38. The highest BCUT2D eigenvalue weighted by atomic mass is 19.1. The number of esters is 1. The Kier molecular flexibility index (Phi) is 5.16. The molecule has 1 aliphatic rings. The van der Waals surface area contributed by atoms with E-state index in [9.17, 15) is 18.8 Å². The second-order valence-electron chi connectivity index (χ2n) is 6.46. The van der Waals surface area contributed by atoms with Crippen molar-refractivity contribution in [1.82, 2.24) is 9.47 Å². The molecule has 0 saturated carbocycles. The zero-order valence-corrected chi connectivity index (χ0v) is 15.6. The molecule has 27 heavy (non-hydrogen) atoms. The van der Waals surface area contributed by atoms with Crippen LogP contribution in [-0.2, 0) is 16.1 Å². The molecule has 7 nitrogen and oxygen atoms in total. The van der Waals surface area contributed by atoms with Crippen molar-refractivity contribution >= 4 is 28.5 Å². The highest BCUT2D eigenvalue weighted by Crippen LogP contribution is 2.26. The number of halogens is 1. The normalized spacial score (nSPS) is 14.5. The summed E-state index contributed by atoms with van der Waals surface area (Å²) in [5.74, 6) is -1.27. The van der Waals surface area contributed by atoms with Crippen LogP contribution < -0.4 is 10.3 Å². The van der Waals surface area contributed by atoms with Crippen molar-refractivity contribution in [1.29, 1.82) is 0 Å². The third-order valence-electron chi connectivity index (χ3n) is 4.96. The number of methoxy groups -OCH3 is 1. The Morgan fingerprint density at radius 3 is 2.41 bits per heavy atom. The van der Waals surface area contributed by atoms with Crippen LogP contribution in [0.3, 0.4) is 0 Å². The van der Waals surface area contributed by atoms with Crippen molar-refractivity contribution in [2.45, 2.75) is 20.4 Å². The summed E-state index contributed by atoms with van der Waals surface area (Å²) in [6, 6.07) is 2.82. The number of benzene rings is 1. The van der Waals surface area contributed by atoms with E-state index in [4.69, 9.17) is 0 Å². The molecular weight excluding hydrogens is 353 g/mol. The first kappa shape index (κ1) is 18.9. The van der Waals surface area contributed by atoms with Gasteiger partial charge in [-0.3, -0.25) is 9.59 Å². The van der Waals surface area contributed by atoms with Crippen LogP contribution in [0.1, 0.15) is 24.2 Å². The van der Waals surface area contributed by atoms with Crippen LogP contribution in [-0.4, -0.2) is 54.6 Å². The fourth-order valence-corrected chi connectivity index (χ4v) is 3.42. The van der Waals surface area contributed by atoms with Crippen molar-refractivity contribution in [2.24, 2.45) is 0 Å². The van der Waals surface area contributed by atoms with Gasteiger partial charge in [0.05, 0.1) is 18.3 Å². The third-order valence-corrected chi connectivity index (χ3v) is 4.96. The standard InChI is InChI=1S/C19H22FN3O4/c1-4-21-11-14(19(26)27-3)18(25)13-9-15(20)17(10-16(13)21)23-7-5-22(6-8-23)12(2)24/h9-11H,4-8H2,1-3H3. The average Bonchev–Trinajstić information content (AvgIpc) is 2.67. The van der Waals surface area contributed by atoms with Crippen LogP contribution in [0, 0.1) is 5.82 Å². The summed E-state index contributed by atoms with van der Waals surface area (Å²) in [5, 5.41) is 0.142. The van der Waals surface area contributed by atoms with Gasteiger partial charge >= 0.3 is 5.97 Å². The lowest BCUT2D eigenvalue weighted by Gasteiger charge is -2.36. The Balaban J connectivity index is 2.08. The fourth-order valence-electron chi connectivity index (χ4n) is 3.42. The van der Waals surface area contributed by atoms with Gasteiger partial charge in [-0.05, 0) is 19.1 Å². The average molecular weight is 375 g/mol. The number of nitrogens with zero attached hydrogens (tertiary/aromatic N) is 3. The molecule has 0 spiro atoms. The number of anilines is 1. The van der Waals surface area contributed by atoms with E-state index < -0.39 is 17.2 Å². The molecule has 0 N–H and O–H groups in total. The van der Waals surface area contributed by atoms with Gasteiger partial charge in [-0.15, -0.1) is 0 Å². The summed E-state index contributed by atoms with van der Waals surface area (Å²) in [4.78, 5) is 39.5. The molecule has 1 amide bonds. The lowest BCUT2D eigenvalue weighted by Crippen LogP contribution is -2.48. The molecule has 1 aliphatic heterocycles. The zero-order valence-electron chi connectivity index (χ0n) is 15.6. The van der Waals surface area contributed by atoms with Gasteiger partial charge in [-0.25, -0.2) is 9.18 Å². The van der Waals surface area contributed by atoms with E-state index in [1.54, 1.807) is 15.5 Å². The Morgan fingerprint density at radius 1 is 1.19 bits per heavy atom. The molecule has 144 valence electrons. The van der Waals surface area contributed by atoms with Gasteiger partial charge in [0, 0.05) is 51.2 Å². The lowest BCUT2D eigenvalue weighted by molar-refractivity contribution is -0.129. The zero-order chi connectivity index (χ0) is 19.7. The number of rotatable bonds is 3. The molecule has 1 fully saturated rings. The number of fused-ring (bicyclic) bond motifs is 1. The van der Waals surface area contributed by atoms with Crippen LogP contribution in [0.25, 0.3) is 10.9 Å². The van der Waals surface area contributed by atoms with Crippen molar-refractivity contribution < 1.29 is 18.7 Å². The summed E-state index contributed by atoms with van der Waals surface area (Å²) in [6.45, 7) is 5.97. The van der Waals surface area contributed by atoms with E-state index in [-0.39, 0.29) is 16.9 Å². The summed E-state index contributed by atoms with van der Waals surface area (Å²) >= 11 is 0. The number of ether oxygens (including phenoxy) is 1. The Hall–Kier alpha value is -2.90.